The van der Waals surface area contributed by atoms with Gasteiger partial charge in [0.15, 0.2) is 0 Å². The number of aliphatic hydroxyl groups excluding tert-OH is 1. The Morgan fingerprint density at radius 3 is 2.52 bits per heavy atom. The van der Waals surface area contributed by atoms with Gasteiger partial charge in [0.2, 0.25) is 0 Å². The Kier molecular flexibility index (Phi) is 6.11. The van der Waals surface area contributed by atoms with Gasteiger partial charge in [0, 0.05) is 24.4 Å². The summed E-state index contributed by atoms with van der Waals surface area (Å²) in [6.07, 6.45) is 3.85. The van der Waals surface area contributed by atoms with Crippen LogP contribution in [0.25, 0.3) is 0 Å². The normalized spacial score (nSPS) is 12.0. The van der Waals surface area contributed by atoms with Gasteiger partial charge >= 0.3 is 0 Å². The van der Waals surface area contributed by atoms with Gasteiger partial charge in [0.05, 0.1) is 6.20 Å². The van der Waals surface area contributed by atoms with E-state index in [4.69, 9.17) is 9.84 Å². The molecule has 0 saturated carbocycles. The molecule has 0 bridgehead atoms. The number of nitrogens with zero attached hydrogens (tertiary/aromatic N) is 1. The molecule has 2 rings (SSSR count). The molecule has 1 atom stereocenters. The van der Waals surface area contributed by atoms with Crippen molar-refractivity contribution in [2.45, 2.75) is 26.3 Å². The third-order valence-electron chi connectivity index (χ3n) is 3.55. The minimum atomic E-state index is -0.148. The third-order valence-corrected chi connectivity index (χ3v) is 3.55. The summed E-state index contributed by atoms with van der Waals surface area (Å²) in [5.41, 5.74) is 0.562. The molecule has 0 aliphatic rings. The molecule has 0 radical (unpaired) electrons. The monoisotopic (exact) mass is 314 g/mol. The number of nitrogens with one attached hydrogen (secondary N) is 1. The summed E-state index contributed by atoms with van der Waals surface area (Å²) < 4.78 is 5.64. The quantitative estimate of drug-likeness (QED) is 0.824. The lowest BCUT2D eigenvalue weighted by atomic mass is 10.0. The zero-order valence-corrected chi connectivity index (χ0v) is 13.4. The van der Waals surface area contributed by atoms with Crippen molar-refractivity contribution in [3.05, 3.63) is 54.4 Å². The molecule has 0 aliphatic heterocycles. The maximum atomic E-state index is 12.3. The van der Waals surface area contributed by atoms with Crippen molar-refractivity contribution < 1.29 is 14.6 Å². The largest absolute Gasteiger partial charge is 0.456 e. The molecule has 23 heavy (non-hydrogen) atoms. The van der Waals surface area contributed by atoms with E-state index in [1.54, 1.807) is 42.7 Å². The number of carbonyl (C=O) groups excluding carboxylic acids is 1. The number of carbonyl (C=O) groups is 1. The fraction of sp³-hybridized carbons (Fsp3) is 0.333. The second-order valence-electron chi connectivity index (χ2n) is 5.65. The first-order chi connectivity index (χ1) is 11.1. The van der Waals surface area contributed by atoms with Crippen LogP contribution in [0.3, 0.4) is 0 Å². The zero-order chi connectivity index (χ0) is 16.7. The van der Waals surface area contributed by atoms with Crippen molar-refractivity contribution >= 4 is 5.91 Å². The Morgan fingerprint density at radius 2 is 1.96 bits per heavy atom. The number of hydrogen-bond donors (Lipinski definition) is 2. The fourth-order valence-electron chi connectivity index (χ4n) is 2.18. The number of benzene rings is 1. The van der Waals surface area contributed by atoms with E-state index in [0.29, 0.717) is 23.5 Å². The van der Waals surface area contributed by atoms with Crippen molar-refractivity contribution in [2.75, 3.05) is 6.61 Å². The number of hydrogen-bond acceptors (Lipinski definition) is 4. The standard InChI is InChI=1S/C18H22N2O3/c1-13(2)17(9-11-21)20-18(22)14-5-7-15(8-6-14)23-16-4-3-10-19-12-16/h3-8,10,12-13,17,21H,9,11H2,1-2H3,(H,20,22). The molecule has 2 aromatic rings. The highest BCUT2D eigenvalue weighted by atomic mass is 16.5. The van der Waals surface area contributed by atoms with E-state index in [-0.39, 0.29) is 24.5 Å². The van der Waals surface area contributed by atoms with E-state index in [0.717, 1.165) is 0 Å². The van der Waals surface area contributed by atoms with Gasteiger partial charge in [-0.25, -0.2) is 0 Å². The van der Waals surface area contributed by atoms with Crippen LogP contribution in [0.5, 0.6) is 11.5 Å². The molecule has 1 unspecified atom stereocenters. The summed E-state index contributed by atoms with van der Waals surface area (Å²) in [6.45, 7) is 4.10. The molecule has 0 saturated heterocycles. The summed E-state index contributed by atoms with van der Waals surface area (Å²) in [5.74, 6) is 1.40. The number of amides is 1. The number of aliphatic hydroxyl groups is 1. The molecule has 1 aromatic carbocycles. The molecule has 2 N–H and O–H groups in total. The van der Waals surface area contributed by atoms with Crippen LogP contribution in [0.2, 0.25) is 0 Å². The van der Waals surface area contributed by atoms with E-state index >= 15 is 0 Å². The number of ether oxygens (including phenoxy) is 1. The van der Waals surface area contributed by atoms with Gasteiger partial charge in [-0.3, -0.25) is 9.78 Å². The lowest BCUT2D eigenvalue weighted by Gasteiger charge is -2.21. The van der Waals surface area contributed by atoms with Gasteiger partial charge < -0.3 is 15.2 Å². The summed E-state index contributed by atoms with van der Waals surface area (Å²) in [4.78, 5) is 16.2. The van der Waals surface area contributed by atoms with Crippen LogP contribution in [-0.4, -0.2) is 28.6 Å². The highest BCUT2D eigenvalue weighted by Crippen LogP contribution is 2.20. The Hall–Kier alpha value is -2.40. The van der Waals surface area contributed by atoms with Gasteiger partial charge in [0.1, 0.15) is 11.5 Å². The number of rotatable bonds is 7. The van der Waals surface area contributed by atoms with Gasteiger partial charge in [-0.15, -0.1) is 0 Å². The Labute approximate surface area is 136 Å². The first kappa shape index (κ1) is 17.0. The zero-order valence-electron chi connectivity index (χ0n) is 13.4. The Balaban J connectivity index is 1.99. The minimum absolute atomic E-state index is 0.0428. The maximum Gasteiger partial charge on any atom is 0.251 e. The molecule has 0 fully saturated rings. The topological polar surface area (TPSA) is 71.5 Å². The van der Waals surface area contributed by atoms with Crippen molar-refractivity contribution in [3.63, 3.8) is 0 Å². The van der Waals surface area contributed by atoms with E-state index in [1.165, 1.54) is 0 Å². The average molecular weight is 314 g/mol. The third kappa shape index (κ3) is 5.07. The van der Waals surface area contributed by atoms with E-state index < -0.39 is 0 Å². The van der Waals surface area contributed by atoms with Crippen LogP contribution in [0, 0.1) is 5.92 Å². The average Bonchev–Trinajstić information content (AvgIpc) is 2.56. The second kappa shape index (κ2) is 8.29. The number of aromatic nitrogens is 1. The van der Waals surface area contributed by atoms with E-state index in [9.17, 15) is 4.79 Å². The fourth-order valence-corrected chi connectivity index (χ4v) is 2.18. The summed E-state index contributed by atoms with van der Waals surface area (Å²) in [6, 6.07) is 10.5. The van der Waals surface area contributed by atoms with E-state index in [2.05, 4.69) is 10.3 Å². The van der Waals surface area contributed by atoms with Crippen molar-refractivity contribution in [1.29, 1.82) is 0 Å². The lowest BCUT2D eigenvalue weighted by molar-refractivity contribution is 0.0916. The predicted octanol–water partition coefficient (Wildman–Crippen LogP) is 3.01. The molecule has 1 amide bonds. The van der Waals surface area contributed by atoms with Crippen molar-refractivity contribution in [1.82, 2.24) is 10.3 Å². The highest BCUT2D eigenvalue weighted by molar-refractivity contribution is 5.94. The van der Waals surface area contributed by atoms with Crippen LogP contribution in [0.15, 0.2) is 48.8 Å². The smallest absolute Gasteiger partial charge is 0.251 e. The maximum absolute atomic E-state index is 12.3. The van der Waals surface area contributed by atoms with Crippen LogP contribution in [0.1, 0.15) is 30.6 Å². The molecule has 5 nitrogen and oxygen atoms in total. The van der Waals surface area contributed by atoms with Crippen LogP contribution < -0.4 is 10.1 Å². The van der Waals surface area contributed by atoms with Gasteiger partial charge in [-0.05, 0) is 48.7 Å². The summed E-state index contributed by atoms with van der Waals surface area (Å²) >= 11 is 0. The summed E-state index contributed by atoms with van der Waals surface area (Å²) in [5, 5.41) is 12.0. The molecule has 122 valence electrons. The minimum Gasteiger partial charge on any atom is -0.456 e. The van der Waals surface area contributed by atoms with Gasteiger partial charge in [0.25, 0.3) is 5.91 Å². The van der Waals surface area contributed by atoms with Crippen molar-refractivity contribution in [2.24, 2.45) is 5.92 Å². The summed E-state index contributed by atoms with van der Waals surface area (Å²) in [7, 11) is 0. The predicted molar refractivity (Wildman–Crippen MR) is 88.5 cm³/mol. The van der Waals surface area contributed by atoms with Crippen LogP contribution in [-0.2, 0) is 0 Å². The Bertz CT molecular complexity index is 612. The van der Waals surface area contributed by atoms with Crippen molar-refractivity contribution in [3.8, 4) is 11.5 Å². The SMILES string of the molecule is CC(C)C(CCO)NC(=O)c1ccc(Oc2cccnc2)cc1. The number of pyridine rings is 1. The second-order valence-corrected chi connectivity index (χ2v) is 5.65. The Morgan fingerprint density at radius 1 is 1.22 bits per heavy atom. The molecule has 0 spiro atoms. The lowest BCUT2D eigenvalue weighted by Crippen LogP contribution is -2.39. The van der Waals surface area contributed by atoms with Crippen LogP contribution >= 0.6 is 0 Å². The van der Waals surface area contributed by atoms with Gasteiger partial charge in [-0.2, -0.15) is 0 Å². The van der Waals surface area contributed by atoms with Crippen LogP contribution in [0.4, 0.5) is 0 Å². The molecular weight excluding hydrogens is 292 g/mol. The van der Waals surface area contributed by atoms with E-state index in [1.807, 2.05) is 19.9 Å². The first-order valence-electron chi connectivity index (χ1n) is 7.70. The molecular formula is C18H22N2O3. The highest BCUT2D eigenvalue weighted by Gasteiger charge is 2.16. The molecule has 5 heteroatoms. The molecule has 1 aromatic heterocycles. The molecule has 0 aliphatic carbocycles. The first-order valence-corrected chi connectivity index (χ1v) is 7.70. The van der Waals surface area contributed by atoms with Gasteiger partial charge in [-0.1, -0.05) is 13.8 Å². The molecule has 1 heterocycles.